The summed E-state index contributed by atoms with van der Waals surface area (Å²) in [6.07, 6.45) is 2.99. The Bertz CT molecular complexity index is 368. The van der Waals surface area contributed by atoms with Gasteiger partial charge in [0.05, 0.1) is 6.54 Å². The average Bonchev–Trinajstić information content (AvgIpc) is 2.36. The van der Waals surface area contributed by atoms with E-state index in [1.54, 1.807) is 11.8 Å². The van der Waals surface area contributed by atoms with Crippen molar-refractivity contribution in [3.8, 4) is 0 Å². The van der Waals surface area contributed by atoms with Crippen LogP contribution in [0, 0.1) is 0 Å². The molecule has 1 amide bonds. The maximum Gasteiger partial charge on any atom is 0.239 e. The lowest BCUT2D eigenvalue weighted by atomic mass is 10.2. The van der Waals surface area contributed by atoms with E-state index in [9.17, 15) is 4.79 Å². The number of hydrogen-bond donors (Lipinski definition) is 2. The Hall–Kier alpha value is -1.16. The summed E-state index contributed by atoms with van der Waals surface area (Å²) < 4.78 is 0. The van der Waals surface area contributed by atoms with Crippen LogP contribution in [0.3, 0.4) is 0 Å². The quantitative estimate of drug-likeness (QED) is 0.765. The van der Waals surface area contributed by atoms with Crippen molar-refractivity contribution in [3.05, 3.63) is 24.3 Å². The molecule has 0 spiro atoms. The molecule has 4 heteroatoms. The van der Waals surface area contributed by atoms with E-state index in [-0.39, 0.29) is 11.9 Å². The average molecular weight is 252 g/mol. The van der Waals surface area contributed by atoms with E-state index in [0.717, 1.165) is 12.1 Å². The summed E-state index contributed by atoms with van der Waals surface area (Å²) in [5.41, 5.74) is 0.983. The van der Waals surface area contributed by atoms with Gasteiger partial charge in [0.25, 0.3) is 0 Å². The number of rotatable bonds is 6. The van der Waals surface area contributed by atoms with Crippen molar-refractivity contribution in [1.82, 2.24) is 5.32 Å². The fraction of sp³-hybridized carbons (Fsp3) is 0.462. The zero-order valence-electron chi connectivity index (χ0n) is 10.6. The van der Waals surface area contributed by atoms with Gasteiger partial charge in [-0.25, -0.2) is 0 Å². The van der Waals surface area contributed by atoms with Gasteiger partial charge in [-0.2, -0.15) is 0 Å². The molecular formula is C13H20N2OS. The lowest BCUT2D eigenvalue weighted by Crippen LogP contribution is -2.36. The topological polar surface area (TPSA) is 41.1 Å². The highest BCUT2D eigenvalue weighted by Crippen LogP contribution is 2.18. The summed E-state index contributed by atoms with van der Waals surface area (Å²) >= 11 is 1.69. The highest BCUT2D eigenvalue weighted by molar-refractivity contribution is 7.98. The van der Waals surface area contributed by atoms with Gasteiger partial charge in [0.15, 0.2) is 0 Å². The Balaban J connectivity index is 2.41. The Labute approximate surface area is 107 Å². The SMILES string of the molecule is CCC(C)NC(=O)CNc1cccc(SC)c1. The predicted octanol–water partition coefficient (Wildman–Crippen LogP) is 2.74. The van der Waals surface area contributed by atoms with Crippen LogP contribution in [-0.2, 0) is 4.79 Å². The molecule has 0 aliphatic rings. The summed E-state index contributed by atoms with van der Waals surface area (Å²) in [7, 11) is 0. The smallest absolute Gasteiger partial charge is 0.239 e. The normalized spacial score (nSPS) is 11.9. The fourth-order valence-electron chi connectivity index (χ4n) is 1.34. The molecule has 0 heterocycles. The summed E-state index contributed by atoms with van der Waals surface area (Å²) in [4.78, 5) is 12.8. The third-order valence-corrected chi connectivity index (χ3v) is 3.27. The summed E-state index contributed by atoms with van der Waals surface area (Å²) in [5, 5.41) is 6.04. The van der Waals surface area contributed by atoms with Crippen LogP contribution in [0.25, 0.3) is 0 Å². The molecule has 0 radical (unpaired) electrons. The number of anilines is 1. The number of nitrogens with one attached hydrogen (secondary N) is 2. The largest absolute Gasteiger partial charge is 0.376 e. The predicted molar refractivity (Wildman–Crippen MR) is 74.6 cm³/mol. The molecule has 17 heavy (non-hydrogen) atoms. The molecule has 0 fully saturated rings. The van der Waals surface area contributed by atoms with E-state index in [0.29, 0.717) is 6.54 Å². The molecule has 1 aromatic rings. The Morgan fingerprint density at radius 1 is 1.47 bits per heavy atom. The number of hydrogen-bond acceptors (Lipinski definition) is 3. The van der Waals surface area contributed by atoms with Crippen LogP contribution in [0.4, 0.5) is 5.69 Å². The van der Waals surface area contributed by atoms with Crippen LogP contribution in [0.15, 0.2) is 29.2 Å². The summed E-state index contributed by atoms with van der Waals surface area (Å²) in [6.45, 7) is 4.38. The van der Waals surface area contributed by atoms with Crippen molar-refractivity contribution < 1.29 is 4.79 Å². The molecule has 94 valence electrons. The minimum Gasteiger partial charge on any atom is -0.376 e. The molecule has 0 saturated carbocycles. The molecular weight excluding hydrogens is 232 g/mol. The third kappa shape index (κ3) is 5.13. The minimum atomic E-state index is 0.0360. The highest BCUT2D eigenvalue weighted by atomic mass is 32.2. The zero-order valence-corrected chi connectivity index (χ0v) is 11.4. The van der Waals surface area contributed by atoms with E-state index >= 15 is 0 Å². The molecule has 1 rings (SSSR count). The van der Waals surface area contributed by atoms with Gasteiger partial charge >= 0.3 is 0 Å². The van der Waals surface area contributed by atoms with Gasteiger partial charge in [0.1, 0.15) is 0 Å². The molecule has 0 aliphatic heterocycles. The van der Waals surface area contributed by atoms with Crippen molar-refractivity contribution in [2.24, 2.45) is 0 Å². The highest BCUT2D eigenvalue weighted by Gasteiger charge is 2.04. The number of carbonyl (C=O) groups is 1. The molecule has 1 atom stereocenters. The second-order valence-corrected chi connectivity index (χ2v) is 4.84. The molecule has 1 aromatic carbocycles. The third-order valence-electron chi connectivity index (χ3n) is 2.54. The first-order valence-corrected chi connectivity index (χ1v) is 7.05. The van der Waals surface area contributed by atoms with E-state index in [1.807, 2.05) is 31.4 Å². The van der Waals surface area contributed by atoms with Crippen LogP contribution in [0.5, 0.6) is 0 Å². The zero-order chi connectivity index (χ0) is 12.7. The first-order valence-electron chi connectivity index (χ1n) is 5.83. The van der Waals surface area contributed by atoms with E-state index < -0.39 is 0 Å². The van der Waals surface area contributed by atoms with Crippen LogP contribution >= 0.6 is 11.8 Å². The van der Waals surface area contributed by atoms with Gasteiger partial charge in [-0.1, -0.05) is 13.0 Å². The number of carbonyl (C=O) groups excluding carboxylic acids is 1. The monoisotopic (exact) mass is 252 g/mol. The number of benzene rings is 1. The molecule has 1 unspecified atom stereocenters. The van der Waals surface area contributed by atoms with Crippen molar-refractivity contribution in [2.45, 2.75) is 31.2 Å². The van der Waals surface area contributed by atoms with Crippen LogP contribution in [-0.4, -0.2) is 24.7 Å². The van der Waals surface area contributed by atoms with Crippen molar-refractivity contribution in [3.63, 3.8) is 0 Å². The van der Waals surface area contributed by atoms with Gasteiger partial charge in [-0.05, 0) is 37.8 Å². The van der Waals surface area contributed by atoms with Gasteiger partial charge in [0, 0.05) is 16.6 Å². The first-order chi connectivity index (χ1) is 8.15. The van der Waals surface area contributed by atoms with Crippen molar-refractivity contribution in [1.29, 1.82) is 0 Å². The Morgan fingerprint density at radius 2 is 2.24 bits per heavy atom. The van der Waals surface area contributed by atoms with Crippen LogP contribution in [0.2, 0.25) is 0 Å². The summed E-state index contributed by atoms with van der Waals surface area (Å²) in [6, 6.07) is 8.29. The first kappa shape index (κ1) is 13.9. The van der Waals surface area contributed by atoms with Gasteiger partial charge in [0.2, 0.25) is 5.91 Å². The van der Waals surface area contributed by atoms with Gasteiger partial charge < -0.3 is 10.6 Å². The molecule has 3 nitrogen and oxygen atoms in total. The van der Waals surface area contributed by atoms with Gasteiger partial charge in [-0.15, -0.1) is 11.8 Å². The van der Waals surface area contributed by atoms with Crippen LogP contribution < -0.4 is 10.6 Å². The number of amides is 1. The fourth-order valence-corrected chi connectivity index (χ4v) is 1.80. The van der Waals surface area contributed by atoms with Gasteiger partial charge in [-0.3, -0.25) is 4.79 Å². The van der Waals surface area contributed by atoms with E-state index in [4.69, 9.17) is 0 Å². The van der Waals surface area contributed by atoms with Crippen LogP contribution in [0.1, 0.15) is 20.3 Å². The molecule has 0 aromatic heterocycles. The second kappa shape index (κ2) is 7.22. The maximum absolute atomic E-state index is 11.6. The standard InChI is InChI=1S/C13H20N2OS/c1-4-10(2)15-13(16)9-14-11-6-5-7-12(8-11)17-3/h5-8,10,14H,4,9H2,1-3H3,(H,15,16). The lowest BCUT2D eigenvalue weighted by Gasteiger charge is -2.12. The van der Waals surface area contributed by atoms with E-state index in [2.05, 4.69) is 23.6 Å². The van der Waals surface area contributed by atoms with E-state index in [1.165, 1.54) is 4.90 Å². The second-order valence-electron chi connectivity index (χ2n) is 3.96. The van der Waals surface area contributed by atoms with Crippen molar-refractivity contribution >= 4 is 23.4 Å². The molecule has 0 aliphatic carbocycles. The Kier molecular flexibility index (Phi) is 5.91. The molecule has 0 saturated heterocycles. The minimum absolute atomic E-state index is 0.0360. The van der Waals surface area contributed by atoms with Crippen molar-refractivity contribution in [2.75, 3.05) is 18.1 Å². The number of thioether (sulfide) groups is 1. The molecule has 0 bridgehead atoms. The lowest BCUT2D eigenvalue weighted by molar-refractivity contribution is -0.120. The summed E-state index contributed by atoms with van der Waals surface area (Å²) in [5.74, 6) is 0.0360. The maximum atomic E-state index is 11.6. The Morgan fingerprint density at radius 3 is 2.88 bits per heavy atom. The molecule has 2 N–H and O–H groups in total.